The second-order valence-corrected chi connectivity index (χ2v) is 6.54. The molecule has 0 bridgehead atoms. The summed E-state index contributed by atoms with van der Waals surface area (Å²) in [6.07, 6.45) is 1.33. The van der Waals surface area contributed by atoms with Crippen LogP contribution in [-0.2, 0) is 0 Å². The van der Waals surface area contributed by atoms with E-state index in [-0.39, 0.29) is 5.54 Å². The van der Waals surface area contributed by atoms with Gasteiger partial charge in [0, 0.05) is 23.4 Å². The summed E-state index contributed by atoms with van der Waals surface area (Å²) in [4.78, 5) is 2.28. The van der Waals surface area contributed by atoms with E-state index < -0.39 is 0 Å². The largest absolute Gasteiger partial charge is 0.311 e. The van der Waals surface area contributed by atoms with Crippen molar-refractivity contribution in [1.29, 1.82) is 0 Å². The number of likely N-dealkylation sites (N-methyl/N-ethyl adjacent to an activating group) is 1. The third-order valence-corrected chi connectivity index (χ3v) is 4.71. The van der Waals surface area contributed by atoms with Gasteiger partial charge in [-0.1, -0.05) is 6.92 Å². The van der Waals surface area contributed by atoms with E-state index in [9.17, 15) is 0 Å². The molecule has 1 saturated heterocycles. The molecule has 3 heteroatoms. The molecule has 14 heavy (non-hydrogen) atoms. The van der Waals surface area contributed by atoms with Gasteiger partial charge in [-0.25, -0.2) is 0 Å². The third-order valence-electron chi connectivity index (χ3n) is 3.38. The Morgan fingerprint density at radius 2 is 2.07 bits per heavy atom. The maximum absolute atomic E-state index is 3.69. The van der Waals surface area contributed by atoms with Gasteiger partial charge in [-0.15, -0.1) is 0 Å². The molecule has 0 spiro atoms. The van der Waals surface area contributed by atoms with Crippen LogP contribution in [0.4, 0.5) is 0 Å². The van der Waals surface area contributed by atoms with Crippen LogP contribution in [0.3, 0.4) is 0 Å². The fourth-order valence-electron chi connectivity index (χ4n) is 1.54. The Hall–Kier alpha value is 0.270. The molecule has 0 amide bonds. The van der Waals surface area contributed by atoms with Crippen molar-refractivity contribution >= 4 is 11.8 Å². The first-order valence-corrected chi connectivity index (χ1v) is 6.51. The molecule has 2 nitrogen and oxygen atoms in total. The number of hydrogen-bond donors (Lipinski definition) is 1. The second-order valence-electron chi connectivity index (χ2n) is 5.06. The third kappa shape index (κ3) is 3.14. The molecule has 0 aliphatic carbocycles. The Balaban J connectivity index is 2.32. The Morgan fingerprint density at radius 3 is 2.50 bits per heavy atom. The first kappa shape index (κ1) is 12.3. The van der Waals surface area contributed by atoms with Gasteiger partial charge in [0.25, 0.3) is 0 Å². The smallest absolute Gasteiger partial charge is 0.0271 e. The summed E-state index contributed by atoms with van der Waals surface area (Å²) in [7, 11) is 4.29. The first-order chi connectivity index (χ1) is 6.43. The van der Waals surface area contributed by atoms with Crippen LogP contribution in [0.2, 0.25) is 0 Å². The highest BCUT2D eigenvalue weighted by Crippen LogP contribution is 2.26. The molecule has 1 heterocycles. The molecular weight excluding hydrogens is 192 g/mol. The van der Waals surface area contributed by atoms with Gasteiger partial charge in [-0.2, -0.15) is 11.8 Å². The van der Waals surface area contributed by atoms with E-state index in [1.807, 2.05) is 0 Å². The van der Waals surface area contributed by atoms with E-state index in [4.69, 9.17) is 0 Å². The monoisotopic (exact) mass is 216 g/mol. The van der Waals surface area contributed by atoms with Crippen molar-refractivity contribution in [2.24, 2.45) is 0 Å². The van der Waals surface area contributed by atoms with Gasteiger partial charge in [-0.3, -0.25) is 0 Å². The minimum atomic E-state index is 0.257. The van der Waals surface area contributed by atoms with Gasteiger partial charge in [-0.05, 0) is 40.1 Å². The highest BCUT2D eigenvalue weighted by molar-refractivity contribution is 8.00. The molecule has 2 atom stereocenters. The fourth-order valence-corrected chi connectivity index (χ4v) is 2.77. The summed E-state index contributed by atoms with van der Waals surface area (Å²) in [6, 6.07) is 0.722. The van der Waals surface area contributed by atoms with Crippen molar-refractivity contribution in [3.8, 4) is 0 Å². The van der Waals surface area contributed by atoms with E-state index >= 15 is 0 Å². The van der Waals surface area contributed by atoms with E-state index in [0.29, 0.717) is 0 Å². The summed E-state index contributed by atoms with van der Waals surface area (Å²) in [5.41, 5.74) is 0.257. The van der Waals surface area contributed by atoms with Crippen LogP contribution >= 0.6 is 11.8 Å². The number of rotatable bonds is 4. The minimum Gasteiger partial charge on any atom is -0.311 e. The standard InChI is InChI=1S/C11H24N2S/c1-9-10(6-7-14-9)12-8-11(2,3)13(4)5/h9-10,12H,6-8H2,1-5H3. The molecule has 0 aromatic heterocycles. The summed E-state index contributed by atoms with van der Waals surface area (Å²) in [6.45, 7) is 7.98. The maximum atomic E-state index is 3.69. The van der Waals surface area contributed by atoms with Crippen LogP contribution in [0.1, 0.15) is 27.2 Å². The average Bonchev–Trinajstić information content (AvgIpc) is 2.47. The molecule has 0 aromatic carbocycles. The zero-order valence-electron chi connectivity index (χ0n) is 10.1. The highest BCUT2D eigenvalue weighted by Gasteiger charge is 2.27. The van der Waals surface area contributed by atoms with Crippen LogP contribution in [0.15, 0.2) is 0 Å². The predicted molar refractivity (Wildman–Crippen MR) is 66.1 cm³/mol. The van der Waals surface area contributed by atoms with Crippen LogP contribution in [0.5, 0.6) is 0 Å². The molecular formula is C11H24N2S. The van der Waals surface area contributed by atoms with E-state index in [2.05, 4.69) is 56.8 Å². The van der Waals surface area contributed by atoms with Crippen LogP contribution in [0.25, 0.3) is 0 Å². The number of thioether (sulfide) groups is 1. The Kier molecular flexibility index (Phi) is 4.29. The minimum absolute atomic E-state index is 0.257. The Morgan fingerprint density at radius 1 is 1.43 bits per heavy atom. The lowest BCUT2D eigenvalue weighted by Gasteiger charge is -2.34. The topological polar surface area (TPSA) is 15.3 Å². The average molecular weight is 216 g/mol. The first-order valence-electron chi connectivity index (χ1n) is 5.46. The predicted octanol–water partition coefficient (Wildman–Crippen LogP) is 1.81. The molecule has 2 unspecified atom stereocenters. The zero-order valence-corrected chi connectivity index (χ0v) is 10.9. The van der Waals surface area contributed by atoms with Gasteiger partial charge < -0.3 is 10.2 Å². The van der Waals surface area contributed by atoms with Crippen LogP contribution in [-0.4, -0.2) is 48.1 Å². The SMILES string of the molecule is CC1SCCC1NCC(C)(C)N(C)C. The maximum Gasteiger partial charge on any atom is 0.0271 e. The lowest BCUT2D eigenvalue weighted by molar-refractivity contribution is 0.184. The number of nitrogens with one attached hydrogen (secondary N) is 1. The molecule has 0 radical (unpaired) electrons. The Bertz CT molecular complexity index is 180. The molecule has 1 aliphatic heterocycles. The van der Waals surface area contributed by atoms with Gasteiger partial charge in [0.2, 0.25) is 0 Å². The normalized spacial score (nSPS) is 28.7. The fraction of sp³-hybridized carbons (Fsp3) is 1.00. The van der Waals surface area contributed by atoms with Gasteiger partial charge in [0.1, 0.15) is 0 Å². The molecule has 1 fully saturated rings. The summed E-state index contributed by atoms with van der Waals surface area (Å²) < 4.78 is 0. The number of nitrogens with zero attached hydrogens (tertiary/aromatic N) is 1. The quantitative estimate of drug-likeness (QED) is 0.771. The van der Waals surface area contributed by atoms with Crippen molar-refractivity contribution < 1.29 is 0 Å². The van der Waals surface area contributed by atoms with E-state index in [0.717, 1.165) is 17.8 Å². The lowest BCUT2D eigenvalue weighted by atomic mass is 10.0. The van der Waals surface area contributed by atoms with E-state index in [1.54, 1.807) is 0 Å². The van der Waals surface area contributed by atoms with E-state index in [1.165, 1.54) is 12.2 Å². The summed E-state index contributed by atoms with van der Waals surface area (Å²) in [5, 5.41) is 4.48. The Labute approximate surface area is 92.8 Å². The lowest BCUT2D eigenvalue weighted by Crippen LogP contribution is -2.50. The molecule has 0 aromatic rings. The molecule has 0 saturated carbocycles. The van der Waals surface area contributed by atoms with Gasteiger partial charge in [0.15, 0.2) is 0 Å². The van der Waals surface area contributed by atoms with Crippen molar-refractivity contribution in [3.05, 3.63) is 0 Å². The van der Waals surface area contributed by atoms with Crippen molar-refractivity contribution in [2.45, 2.75) is 44.0 Å². The van der Waals surface area contributed by atoms with Gasteiger partial charge in [0.05, 0.1) is 0 Å². The van der Waals surface area contributed by atoms with Gasteiger partial charge >= 0.3 is 0 Å². The van der Waals surface area contributed by atoms with Crippen molar-refractivity contribution in [3.63, 3.8) is 0 Å². The van der Waals surface area contributed by atoms with Crippen LogP contribution in [0, 0.1) is 0 Å². The van der Waals surface area contributed by atoms with Crippen molar-refractivity contribution in [1.82, 2.24) is 10.2 Å². The summed E-state index contributed by atoms with van der Waals surface area (Å²) >= 11 is 2.09. The molecule has 1 N–H and O–H groups in total. The zero-order chi connectivity index (χ0) is 10.8. The highest BCUT2D eigenvalue weighted by atomic mass is 32.2. The number of hydrogen-bond acceptors (Lipinski definition) is 3. The summed E-state index contributed by atoms with van der Waals surface area (Å²) in [5.74, 6) is 1.32. The second kappa shape index (κ2) is 4.86. The van der Waals surface area contributed by atoms with Crippen LogP contribution < -0.4 is 5.32 Å². The molecule has 1 aliphatic rings. The molecule has 84 valence electrons. The molecule has 1 rings (SSSR count). The van der Waals surface area contributed by atoms with Crippen molar-refractivity contribution in [2.75, 3.05) is 26.4 Å².